The highest BCUT2D eigenvalue weighted by Gasteiger charge is 2.19. The summed E-state index contributed by atoms with van der Waals surface area (Å²) in [5, 5.41) is 13.2. The molecular formula is C10H17NO2. The summed E-state index contributed by atoms with van der Waals surface area (Å²) in [6.07, 6.45) is 3.89. The van der Waals surface area contributed by atoms with Crippen molar-refractivity contribution < 1.29 is 9.63 Å². The zero-order valence-electron chi connectivity index (χ0n) is 8.40. The predicted molar refractivity (Wildman–Crippen MR) is 50.2 cm³/mol. The average Bonchev–Trinajstić information content (AvgIpc) is 2.50. The van der Waals surface area contributed by atoms with Crippen molar-refractivity contribution >= 4 is 0 Å². The number of hydrogen-bond acceptors (Lipinski definition) is 3. The highest BCUT2D eigenvalue weighted by molar-refractivity contribution is 5.02. The SMILES string of the molecule is CC(C)C(Cc1cnoc1)C(C)O. The summed E-state index contributed by atoms with van der Waals surface area (Å²) in [6.45, 7) is 6.06. The first-order valence-electron chi connectivity index (χ1n) is 4.67. The Balaban J connectivity index is 2.58. The molecule has 0 aliphatic rings. The lowest BCUT2D eigenvalue weighted by Crippen LogP contribution is -2.24. The van der Waals surface area contributed by atoms with Gasteiger partial charge in [-0.15, -0.1) is 0 Å². The molecule has 0 saturated heterocycles. The summed E-state index contributed by atoms with van der Waals surface area (Å²) >= 11 is 0. The molecule has 1 aromatic heterocycles. The van der Waals surface area contributed by atoms with Crippen LogP contribution in [-0.4, -0.2) is 16.4 Å². The Morgan fingerprint density at radius 1 is 1.46 bits per heavy atom. The molecular weight excluding hydrogens is 166 g/mol. The van der Waals surface area contributed by atoms with E-state index in [2.05, 4.69) is 19.0 Å². The highest BCUT2D eigenvalue weighted by Crippen LogP contribution is 2.20. The van der Waals surface area contributed by atoms with Crippen LogP contribution in [0.5, 0.6) is 0 Å². The molecule has 2 atom stereocenters. The lowest BCUT2D eigenvalue weighted by Gasteiger charge is -2.22. The van der Waals surface area contributed by atoms with Crippen LogP contribution in [0.4, 0.5) is 0 Å². The lowest BCUT2D eigenvalue weighted by atomic mass is 9.86. The minimum atomic E-state index is -0.283. The van der Waals surface area contributed by atoms with Crippen LogP contribution >= 0.6 is 0 Å². The summed E-state index contributed by atoms with van der Waals surface area (Å²) in [5.41, 5.74) is 1.06. The normalized spacial score (nSPS) is 16.1. The zero-order valence-corrected chi connectivity index (χ0v) is 8.40. The molecule has 2 unspecified atom stereocenters. The summed E-state index contributed by atoms with van der Waals surface area (Å²) in [4.78, 5) is 0. The van der Waals surface area contributed by atoms with Gasteiger partial charge in [0.25, 0.3) is 0 Å². The van der Waals surface area contributed by atoms with Crippen LogP contribution in [0.2, 0.25) is 0 Å². The zero-order chi connectivity index (χ0) is 9.84. The minimum absolute atomic E-state index is 0.277. The van der Waals surface area contributed by atoms with E-state index in [9.17, 15) is 5.11 Å². The van der Waals surface area contributed by atoms with Crippen LogP contribution in [0.1, 0.15) is 26.3 Å². The Labute approximate surface area is 78.7 Å². The maximum absolute atomic E-state index is 9.53. The van der Waals surface area contributed by atoms with E-state index in [1.807, 2.05) is 6.92 Å². The second-order valence-corrected chi connectivity index (χ2v) is 3.89. The van der Waals surface area contributed by atoms with Gasteiger partial charge in [-0.05, 0) is 25.2 Å². The molecule has 0 aromatic carbocycles. The Bertz CT molecular complexity index is 221. The average molecular weight is 183 g/mol. The van der Waals surface area contributed by atoms with Crippen molar-refractivity contribution in [2.24, 2.45) is 11.8 Å². The third-order valence-electron chi connectivity index (χ3n) is 2.43. The van der Waals surface area contributed by atoms with Gasteiger partial charge in [0.05, 0.1) is 12.3 Å². The van der Waals surface area contributed by atoms with Crippen molar-refractivity contribution in [1.82, 2.24) is 5.16 Å². The summed E-state index contributed by atoms with van der Waals surface area (Å²) in [5.74, 6) is 0.745. The minimum Gasteiger partial charge on any atom is -0.393 e. The summed E-state index contributed by atoms with van der Waals surface area (Å²) in [6, 6.07) is 0. The van der Waals surface area contributed by atoms with E-state index < -0.39 is 0 Å². The van der Waals surface area contributed by atoms with Crippen LogP contribution < -0.4 is 0 Å². The van der Waals surface area contributed by atoms with Crippen molar-refractivity contribution in [1.29, 1.82) is 0 Å². The van der Waals surface area contributed by atoms with Crippen LogP contribution in [0.25, 0.3) is 0 Å². The number of aliphatic hydroxyl groups excluding tert-OH is 1. The van der Waals surface area contributed by atoms with Gasteiger partial charge in [-0.2, -0.15) is 0 Å². The second-order valence-electron chi connectivity index (χ2n) is 3.89. The van der Waals surface area contributed by atoms with E-state index in [4.69, 9.17) is 4.52 Å². The smallest absolute Gasteiger partial charge is 0.126 e. The number of nitrogens with zero attached hydrogens (tertiary/aromatic N) is 1. The molecule has 1 aromatic rings. The Kier molecular flexibility index (Phi) is 3.48. The lowest BCUT2D eigenvalue weighted by molar-refractivity contribution is 0.0976. The van der Waals surface area contributed by atoms with E-state index in [-0.39, 0.29) is 12.0 Å². The first kappa shape index (κ1) is 10.3. The van der Waals surface area contributed by atoms with Crippen LogP contribution in [0, 0.1) is 11.8 Å². The molecule has 3 heteroatoms. The van der Waals surface area contributed by atoms with E-state index >= 15 is 0 Å². The van der Waals surface area contributed by atoms with E-state index in [0.29, 0.717) is 5.92 Å². The first-order chi connectivity index (χ1) is 6.11. The molecule has 0 bridgehead atoms. The molecule has 0 radical (unpaired) electrons. The Hall–Kier alpha value is -0.830. The van der Waals surface area contributed by atoms with Crippen molar-refractivity contribution in [3.8, 4) is 0 Å². The molecule has 3 nitrogen and oxygen atoms in total. The van der Waals surface area contributed by atoms with Gasteiger partial charge in [-0.25, -0.2) is 0 Å². The predicted octanol–water partition coefficient (Wildman–Crippen LogP) is 1.87. The number of aromatic nitrogens is 1. The molecule has 0 aliphatic carbocycles. The van der Waals surface area contributed by atoms with E-state index in [1.165, 1.54) is 0 Å². The summed E-state index contributed by atoms with van der Waals surface area (Å²) in [7, 11) is 0. The van der Waals surface area contributed by atoms with Crippen LogP contribution in [-0.2, 0) is 6.42 Å². The Morgan fingerprint density at radius 2 is 2.15 bits per heavy atom. The van der Waals surface area contributed by atoms with E-state index in [1.54, 1.807) is 12.5 Å². The highest BCUT2D eigenvalue weighted by atomic mass is 16.5. The fourth-order valence-corrected chi connectivity index (χ4v) is 1.56. The van der Waals surface area contributed by atoms with Crippen LogP contribution in [0.3, 0.4) is 0 Å². The van der Waals surface area contributed by atoms with Gasteiger partial charge in [0.1, 0.15) is 6.26 Å². The molecule has 1 rings (SSSR count). The molecule has 0 saturated carbocycles. The number of aliphatic hydroxyl groups is 1. The van der Waals surface area contributed by atoms with Gasteiger partial charge in [0, 0.05) is 5.56 Å². The molecule has 0 amide bonds. The van der Waals surface area contributed by atoms with Crippen molar-refractivity contribution in [2.75, 3.05) is 0 Å². The monoisotopic (exact) mass is 183 g/mol. The van der Waals surface area contributed by atoms with Crippen molar-refractivity contribution in [3.63, 3.8) is 0 Å². The standard InChI is InChI=1S/C10H17NO2/c1-7(2)10(8(3)12)4-9-5-11-13-6-9/h5-8,10,12H,4H2,1-3H3. The van der Waals surface area contributed by atoms with Gasteiger partial charge < -0.3 is 9.63 Å². The second kappa shape index (κ2) is 4.42. The molecule has 74 valence electrons. The first-order valence-corrected chi connectivity index (χ1v) is 4.67. The molecule has 0 fully saturated rings. The van der Waals surface area contributed by atoms with Crippen molar-refractivity contribution in [3.05, 3.63) is 18.0 Å². The molecule has 13 heavy (non-hydrogen) atoms. The van der Waals surface area contributed by atoms with Gasteiger partial charge in [0.15, 0.2) is 0 Å². The van der Waals surface area contributed by atoms with Gasteiger partial charge in [-0.1, -0.05) is 19.0 Å². The fraction of sp³-hybridized carbons (Fsp3) is 0.700. The molecule has 1 N–H and O–H groups in total. The third kappa shape index (κ3) is 2.84. The number of hydrogen-bond donors (Lipinski definition) is 1. The van der Waals surface area contributed by atoms with Gasteiger partial charge in [0.2, 0.25) is 0 Å². The maximum atomic E-state index is 9.53. The molecule has 1 heterocycles. The van der Waals surface area contributed by atoms with Crippen molar-refractivity contribution in [2.45, 2.75) is 33.3 Å². The summed E-state index contributed by atoms with van der Waals surface area (Å²) < 4.78 is 4.74. The fourth-order valence-electron chi connectivity index (χ4n) is 1.56. The molecule has 0 spiro atoms. The number of rotatable bonds is 4. The van der Waals surface area contributed by atoms with Gasteiger partial charge in [-0.3, -0.25) is 0 Å². The third-order valence-corrected chi connectivity index (χ3v) is 2.43. The maximum Gasteiger partial charge on any atom is 0.126 e. The Morgan fingerprint density at radius 3 is 2.54 bits per heavy atom. The molecule has 0 aliphatic heterocycles. The topological polar surface area (TPSA) is 46.3 Å². The largest absolute Gasteiger partial charge is 0.393 e. The van der Waals surface area contributed by atoms with Crippen LogP contribution in [0.15, 0.2) is 17.0 Å². The van der Waals surface area contributed by atoms with E-state index in [0.717, 1.165) is 12.0 Å². The van der Waals surface area contributed by atoms with Gasteiger partial charge >= 0.3 is 0 Å². The quantitative estimate of drug-likeness (QED) is 0.775.